The van der Waals surface area contributed by atoms with Crippen molar-refractivity contribution in [1.29, 1.82) is 0 Å². The van der Waals surface area contributed by atoms with Gasteiger partial charge < -0.3 is 15.0 Å². The summed E-state index contributed by atoms with van der Waals surface area (Å²) in [6, 6.07) is 3.18. The molecule has 2 aliphatic heterocycles. The molecule has 1 fully saturated rings. The predicted octanol–water partition coefficient (Wildman–Crippen LogP) is 1.09. The minimum atomic E-state index is -0.742. The third-order valence-corrected chi connectivity index (χ3v) is 4.91. The molecule has 30 heavy (non-hydrogen) atoms. The topological polar surface area (TPSA) is 139 Å². The third kappa shape index (κ3) is 4.29. The molecule has 0 unspecified atom stereocenters. The van der Waals surface area contributed by atoms with Crippen molar-refractivity contribution in [3.63, 3.8) is 0 Å². The number of nitro groups is 1. The van der Waals surface area contributed by atoms with Crippen LogP contribution in [0.4, 0.5) is 10.5 Å². The van der Waals surface area contributed by atoms with Crippen LogP contribution in [0.25, 0.3) is 0 Å². The Bertz CT molecular complexity index is 921. The molecule has 0 saturated carbocycles. The number of fused-ring (bicyclic) bond motifs is 1. The molecule has 3 rings (SSSR count). The van der Waals surface area contributed by atoms with Crippen LogP contribution in [0.1, 0.15) is 33.6 Å². The van der Waals surface area contributed by atoms with Gasteiger partial charge in [-0.15, -0.1) is 0 Å². The number of piperidine rings is 1. The van der Waals surface area contributed by atoms with Crippen LogP contribution in [0.5, 0.6) is 0 Å². The summed E-state index contributed by atoms with van der Waals surface area (Å²) >= 11 is 0. The monoisotopic (exact) mass is 416 g/mol. The van der Waals surface area contributed by atoms with Gasteiger partial charge in [-0.25, -0.2) is 4.79 Å². The first-order chi connectivity index (χ1) is 14.3. The van der Waals surface area contributed by atoms with Crippen LogP contribution in [0, 0.1) is 10.1 Å². The molecule has 0 radical (unpaired) electrons. The smallest absolute Gasteiger partial charge is 0.410 e. The number of nitrogens with zero attached hydrogens (tertiary/aromatic N) is 3. The largest absolute Gasteiger partial charge is 0.445 e. The van der Waals surface area contributed by atoms with Crippen molar-refractivity contribution in [2.75, 3.05) is 26.2 Å². The summed E-state index contributed by atoms with van der Waals surface area (Å²) in [5.74, 6) is -1.93. The van der Waals surface area contributed by atoms with E-state index < -0.39 is 35.3 Å². The number of imide groups is 1. The number of nitrogens with one attached hydrogen (secondary N) is 1. The van der Waals surface area contributed by atoms with Crippen molar-refractivity contribution in [3.05, 3.63) is 52.1 Å². The lowest BCUT2D eigenvalue weighted by atomic mass is 10.1. The second kappa shape index (κ2) is 8.72. The van der Waals surface area contributed by atoms with Gasteiger partial charge in [-0.05, 0) is 18.9 Å². The lowest BCUT2D eigenvalue weighted by molar-refractivity contribution is -0.384. The maximum atomic E-state index is 12.5. The summed E-state index contributed by atoms with van der Waals surface area (Å²) in [6.07, 6.45) is 2.04. The highest BCUT2D eigenvalue weighted by molar-refractivity contribution is 6.22. The molecule has 158 valence electrons. The minimum Gasteiger partial charge on any atom is -0.445 e. The molecular weight excluding hydrogens is 396 g/mol. The zero-order valence-corrected chi connectivity index (χ0v) is 16.0. The zero-order valence-electron chi connectivity index (χ0n) is 16.0. The van der Waals surface area contributed by atoms with Gasteiger partial charge >= 0.3 is 6.09 Å². The SMILES string of the molecule is C=CCOC(=O)N1CCC(NC(=O)CN2C(=O)c3ccc([N+](=O)[O-])cc3C2=O)CC1. The fraction of sp³-hybridized carbons (Fsp3) is 0.368. The van der Waals surface area contributed by atoms with E-state index in [0.717, 1.165) is 17.0 Å². The maximum Gasteiger partial charge on any atom is 0.410 e. The van der Waals surface area contributed by atoms with Crippen LogP contribution < -0.4 is 5.32 Å². The van der Waals surface area contributed by atoms with E-state index in [4.69, 9.17) is 4.74 Å². The van der Waals surface area contributed by atoms with Gasteiger partial charge in [0.05, 0.1) is 16.1 Å². The summed E-state index contributed by atoms with van der Waals surface area (Å²) in [5.41, 5.74) is -0.363. The van der Waals surface area contributed by atoms with Crippen molar-refractivity contribution < 1.29 is 28.8 Å². The Kier molecular flexibility index (Phi) is 6.09. The molecule has 1 aromatic carbocycles. The van der Waals surface area contributed by atoms with Gasteiger partial charge in [0.2, 0.25) is 5.91 Å². The Hall–Kier alpha value is -3.76. The van der Waals surface area contributed by atoms with Crippen molar-refractivity contribution in [2.24, 2.45) is 0 Å². The van der Waals surface area contributed by atoms with Gasteiger partial charge in [0, 0.05) is 31.3 Å². The molecule has 1 aromatic rings. The number of nitro benzene ring substituents is 1. The number of carbonyl (C=O) groups excluding carboxylic acids is 4. The number of ether oxygens (including phenoxy) is 1. The Labute approximate surface area is 171 Å². The predicted molar refractivity (Wildman–Crippen MR) is 103 cm³/mol. The number of benzene rings is 1. The Morgan fingerprint density at radius 2 is 1.90 bits per heavy atom. The molecule has 0 spiro atoms. The van der Waals surface area contributed by atoms with Crippen molar-refractivity contribution in [3.8, 4) is 0 Å². The van der Waals surface area contributed by atoms with Gasteiger partial charge in [0.25, 0.3) is 17.5 Å². The van der Waals surface area contributed by atoms with Crippen molar-refractivity contribution >= 4 is 29.5 Å². The summed E-state index contributed by atoms with van der Waals surface area (Å²) in [6.45, 7) is 3.92. The van der Waals surface area contributed by atoms with E-state index in [9.17, 15) is 29.3 Å². The minimum absolute atomic E-state index is 0.0322. The van der Waals surface area contributed by atoms with E-state index in [2.05, 4.69) is 11.9 Å². The lowest BCUT2D eigenvalue weighted by Crippen LogP contribution is -2.49. The molecule has 2 aliphatic rings. The quantitative estimate of drug-likeness (QED) is 0.317. The fourth-order valence-electron chi connectivity index (χ4n) is 3.38. The maximum absolute atomic E-state index is 12.5. The highest BCUT2D eigenvalue weighted by atomic mass is 16.6. The van der Waals surface area contributed by atoms with Gasteiger partial charge in [-0.2, -0.15) is 0 Å². The molecule has 0 atom stereocenters. The molecule has 0 bridgehead atoms. The standard InChI is InChI=1S/C19H20N4O7/c1-2-9-30-19(27)21-7-5-12(6-8-21)20-16(24)11-22-17(25)14-4-3-13(23(28)29)10-15(14)18(22)26/h2-4,10,12H,1,5-9,11H2,(H,20,24). The third-order valence-electron chi connectivity index (χ3n) is 4.91. The first kappa shape index (κ1) is 21.0. The van der Waals surface area contributed by atoms with Crippen LogP contribution in [0.3, 0.4) is 0 Å². The molecule has 1 N–H and O–H groups in total. The Morgan fingerprint density at radius 1 is 1.23 bits per heavy atom. The van der Waals surface area contributed by atoms with E-state index in [1.807, 2.05) is 0 Å². The van der Waals surface area contributed by atoms with Gasteiger partial charge in [0.15, 0.2) is 0 Å². The molecule has 0 aromatic heterocycles. The Morgan fingerprint density at radius 3 is 2.53 bits per heavy atom. The molecule has 11 heteroatoms. The molecule has 4 amide bonds. The molecule has 2 heterocycles. The highest BCUT2D eigenvalue weighted by Crippen LogP contribution is 2.26. The lowest BCUT2D eigenvalue weighted by Gasteiger charge is -2.31. The summed E-state index contributed by atoms with van der Waals surface area (Å²) in [4.78, 5) is 61.6. The number of likely N-dealkylation sites (tertiary alicyclic amines) is 1. The van der Waals surface area contributed by atoms with Crippen LogP contribution in [-0.4, -0.2) is 70.8 Å². The summed E-state index contributed by atoms with van der Waals surface area (Å²) < 4.78 is 4.97. The van der Waals surface area contributed by atoms with E-state index in [1.54, 1.807) is 0 Å². The second-order valence-corrected chi connectivity index (χ2v) is 6.88. The highest BCUT2D eigenvalue weighted by Gasteiger charge is 2.38. The van der Waals surface area contributed by atoms with Gasteiger partial charge in [0.1, 0.15) is 13.2 Å². The second-order valence-electron chi connectivity index (χ2n) is 6.88. The van der Waals surface area contributed by atoms with Crippen LogP contribution in [-0.2, 0) is 9.53 Å². The normalized spacial score (nSPS) is 16.3. The van der Waals surface area contributed by atoms with Crippen LogP contribution >= 0.6 is 0 Å². The average Bonchev–Trinajstić information content (AvgIpc) is 2.96. The first-order valence-electron chi connectivity index (χ1n) is 9.28. The molecule has 1 saturated heterocycles. The van der Waals surface area contributed by atoms with E-state index in [0.29, 0.717) is 25.9 Å². The van der Waals surface area contributed by atoms with Gasteiger partial charge in [-0.3, -0.25) is 29.4 Å². The zero-order chi connectivity index (χ0) is 21.8. The number of rotatable bonds is 6. The number of amides is 4. The van der Waals surface area contributed by atoms with E-state index in [1.165, 1.54) is 17.0 Å². The van der Waals surface area contributed by atoms with Crippen molar-refractivity contribution in [1.82, 2.24) is 15.1 Å². The number of non-ortho nitro benzene ring substituents is 1. The Balaban J connectivity index is 1.54. The molecular formula is C19H20N4O7. The molecule has 11 nitrogen and oxygen atoms in total. The van der Waals surface area contributed by atoms with E-state index >= 15 is 0 Å². The summed E-state index contributed by atoms with van der Waals surface area (Å²) in [5, 5.41) is 13.6. The van der Waals surface area contributed by atoms with Gasteiger partial charge in [-0.1, -0.05) is 12.7 Å². The number of hydrogen-bond donors (Lipinski definition) is 1. The number of carbonyl (C=O) groups is 4. The van der Waals surface area contributed by atoms with Crippen LogP contribution in [0.2, 0.25) is 0 Å². The average molecular weight is 416 g/mol. The fourth-order valence-corrected chi connectivity index (χ4v) is 3.38. The summed E-state index contributed by atoms with van der Waals surface area (Å²) in [7, 11) is 0. The van der Waals surface area contributed by atoms with Crippen LogP contribution in [0.15, 0.2) is 30.9 Å². The first-order valence-corrected chi connectivity index (χ1v) is 9.28. The number of hydrogen-bond acceptors (Lipinski definition) is 7. The van der Waals surface area contributed by atoms with Crippen molar-refractivity contribution in [2.45, 2.75) is 18.9 Å². The molecule has 0 aliphatic carbocycles. The van der Waals surface area contributed by atoms with E-state index in [-0.39, 0.29) is 29.5 Å².